The Kier molecular flexibility index (Phi) is 4.40. The molecule has 0 saturated heterocycles. The Labute approximate surface area is 105 Å². The van der Waals surface area contributed by atoms with E-state index < -0.39 is 23.1 Å². The van der Waals surface area contributed by atoms with Gasteiger partial charge in [0.1, 0.15) is 11.6 Å². The van der Waals surface area contributed by atoms with E-state index in [4.69, 9.17) is 0 Å². The smallest absolute Gasteiger partial charge is 0.256 e. The van der Waals surface area contributed by atoms with Crippen LogP contribution in [0.4, 0.5) is 8.78 Å². The first kappa shape index (κ1) is 14.6. The first-order valence-corrected chi connectivity index (χ1v) is 5.71. The Morgan fingerprint density at radius 3 is 2.44 bits per heavy atom. The normalized spacial score (nSPS) is 11.4. The van der Waals surface area contributed by atoms with Crippen LogP contribution in [0, 0.1) is 11.6 Å². The van der Waals surface area contributed by atoms with E-state index in [-0.39, 0.29) is 12.1 Å². The second kappa shape index (κ2) is 5.44. The summed E-state index contributed by atoms with van der Waals surface area (Å²) < 4.78 is 26.2. The largest absolute Gasteiger partial charge is 0.389 e. The molecule has 0 unspecified atom stereocenters. The fourth-order valence-corrected chi connectivity index (χ4v) is 1.63. The summed E-state index contributed by atoms with van der Waals surface area (Å²) in [5.41, 5.74) is -1.26. The van der Waals surface area contributed by atoms with Crippen LogP contribution in [0.3, 0.4) is 0 Å². The van der Waals surface area contributed by atoms with Gasteiger partial charge in [0, 0.05) is 19.2 Å². The van der Waals surface area contributed by atoms with E-state index in [9.17, 15) is 18.7 Å². The standard InChI is InChI=1S/C13H17F2NO2/c1-4-16(8-13(2,3)18)12(17)10-6-5-9(14)7-11(10)15/h5-7,18H,4,8H2,1-3H3. The van der Waals surface area contributed by atoms with Gasteiger partial charge in [-0.25, -0.2) is 8.78 Å². The minimum atomic E-state index is -1.07. The number of halogens is 2. The van der Waals surface area contributed by atoms with E-state index in [1.165, 1.54) is 4.90 Å². The average Bonchev–Trinajstić information content (AvgIpc) is 2.24. The van der Waals surface area contributed by atoms with Gasteiger partial charge in [-0.05, 0) is 32.9 Å². The molecule has 0 aliphatic carbocycles. The lowest BCUT2D eigenvalue weighted by atomic mass is 10.1. The maximum absolute atomic E-state index is 13.5. The van der Waals surface area contributed by atoms with Gasteiger partial charge >= 0.3 is 0 Å². The van der Waals surface area contributed by atoms with E-state index in [2.05, 4.69) is 0 Å². The number of carbonyl (C=O) groups is 1. The number of aliphatic hydroxyl groups is 1. The summed E-state index contributed by atoms with van der Waals surface area (Å²) in [4.78, 5) is 13.4. The van der Waals surface area contributed by atoms with Crippen molar-refractivity contribution in [2.24, 2.45) is 0 Å². The molecule has 1 amide bonds. The molecular formula is C13H17F2NO2. The van der Waals surface area contributed by atoms with Crippen LogP contribution in [-0.4, -0.2) is 34.6 Å². The molecule has 18 heavy (non-hydrogen) atoms. The molecule has 0 aromatic heterocycles. The highest BCUT2D eigenvalue weighted by Crippen LogP contribution is 2.14. The summed E-state index contributed by atoms with van der Waals surface area (Å²) in [6.07, 6.45) is 0. The number of benzene rings is 1. The number of rotatable bonds is 4. The van der Waals surface area contributed by atoms with Crippen molar-refractivity contribution in [1.82, 2.24) is 4.90 Å². The molecule has 1 N–H and O–H groups in total. The van der Waals surface area contributed by atoms with E-state index in [1.54, 1.807) is 20.8 Å². The third kappa shape index (κ3) is 3.77. The van der Waals surface area contributed by atoms with Gasteiger partial charge in [-0.3, -0.25) is 4.79 Å². The highest BCUT2D eigenvalue weighted by atomic mass is 19.1. The molecule has 0 heterocycles. The quantitative estimate of drug-likeness (QED) is 0.898. The van der Waals surface area contributed by atoms with Crippen molar-refractivity contribution >= 4 is 5.91 Å². The highest BCUT2D eigenvalue weighted by Gasteiger charge is 2.24. The molecular weight excluding hydrogens is 240 g/mol. The molecule has 1 aromatic carbocycles. The molecule has 0 aliphatic rings. The second-order valence-electron chi connectivity index (χ2n) is 4.76. The molecule has 0 bridgehead atoms. The number of hydrogen-bond acceptors (Lipinski definition) is 2. The fourth-order valence-electron chi connectivity index (χ4n) is 1.63. The summed E-state index contributed by atoms with van der Waals surface area (Å²) in [6.45, 7) is 5.26. The van der Waals surface area contributed by atoms with Gasteiger partial charge in [0.05, 0.1) is 11.2 Å². The van der Waals surface area contributed by atoms with Crippen molar-refractivity contribution in [2.75, 3.05) is 13.1 Å². The molecule has 100 valence electrons. The maximum Gasteiger partial charge on any atom is 0.256 e. The second-order valence-corrected chi connectivity index (χ2v) is 4.76. The lowest BCUT2D eigenvalue weighted by Gasteiger charge is -2.28. The number of likely N-dealkylation sites (N-methyl/N-ethyl adjacent to an activating group) is 1. The topological polar surface area (TPSA) is 40.5 Å². The molecule has 0 fully saturated rings. The van der Waals surface area contributed by atoms with Crippen molar-refractivity contribution in [2.45, 2.75) is 26.4 Å². The lowest BCUT2D eigenvalue weighted by molar-refractivity contribution is 0.0312. The van der Waals surface area contributed by atoms with Crippen LogP contribution in [0.25, 0.3) is 0 Å². The summed E-state index contributed by atoms with van der Waals surface area (Å²) >= 11 is 0. The van der Waals surface area contributed by atoms with Gasteiger partial charge in [-0.15, -0.1) is 0 Å². The minimum Gasteiger partial charge on any atom is -0.389 e. The zero-order valence-electron chi connectivity index (χ0n) is 10.7. The predicted octanol–water partition coefficient (Wildman–Crippen LogP) is 2.20. The molecule has 1 aromatic rings. The number of nitrogens with zero attached hydrogens (tertiary/aromatic N) is 1. The van der Waals surface area contributed by atoms with Gasteiger partial charge in [0.15, 0.2) is 0 Å². The Bertz CT molecular complexity index is 441. The Morgan fingerprint density at radius 2 is 2.00 bits per heavy atom. The van der Waals surface area contributed by atoms with Crippen LogP contribution in [0.5, 0.6) is 0 Å². The zero-order valence-corrected chi connectivity index (χ0v) is 10.7. The molecule has 0 aliphatic heterocycles. The van der Waals surface area contributed by atoms with Crippen molar-refractivity contribution in [3.05, 3.63) is 35.4 Å². The molecule has 3 nitrogen and oxygen atoms in total. The Morgan fingerprint density at radius 1 is 1.39 bits per heavy atom. The SMILES string of the molecule is CCN(CC(C)(C)O)C(=O)c1ccc(F)cc1F. The Hall–Kier alpha value is -1.49. The summed E-state index contributed by atoms with van der Waals surface area (Å²) in [5.74, 6) is -2.18. The van der Waals surface area contributed by atoms with Crippen LogP contribution < -0.4 is 0 Å². The van der Waals surface area contributed by atoms with E-state index in [0.717, 1.165) is 12.1 Å². The van der Waals surface area contributed by atoms with Gasteiger partial charge in [0.2, 0.25) is 0 Å². The van der Waals surface area contributed by atoms with Crippen LogP contribution in [-0.2, 0) is 0 Å². The molecule has 0 radical (unpaired) electrons. The predicted molar refractivity (Wildman–Crippen MR) is 64.2 cm³/mol. The van der Waals surface area contributed by atoms with Gasteiger partial charge in [-0.2, -0.15) is 0 Å². The molecule has 0 atom stereocenters. The first-order valence-electron chi connectivity index (χ1n) is 5.71. The van der Waals surface area contributed by atoms with Gasteiger partial charge in [-0.1, -0.05) is 0 Å². The zero-order chi connectivity index (χ0) is 13.9. The molecule has 5 heteroatoms. The van der Waals surface area contributed by atoms with Crippen LogP contribution in [0.2, 0.25) is 0 Å². The van der Waals surface area contributed by atoms with E-state index in [1.807, 2.05) is 0 Å². The summed E-state index contributed by atoms with van der Waals surface area (Å²) in [5, 5.41) is 9.68. The van der Waals surface area contributed by atoms with Crippen LogP contribution in [0.15, 0.2) is 18.2 Å². The van der Waals surface area contributed by atoms with Crippen molar-refractivity contribution in [3.8, 4) is 0 Å². The lowest BCUT2D eigenvalue weighted by Crippen LogP contribution is -2.42. The van der Waals surface area contributed by atoms with E-state index >= 15 is 0 Å². The number of amides is 1. The van der Waals surface area contributed by atoms with Crippen molar-refractivity contribution < 1.29 is 18.7 Å². The summed E-state index contributed by atoms with van der Waals surface area (Å²) in [7, 11) is 0. The third-order valence-electron chi connectivity index (χ3n) is 2.41. The third-order valence-corrected chi connectivity index (χ3v) is 2.41. The Balaban J connectivity index is 2.97. The van der Waals surface area contributed by atoms with Crippen molar-refractivity contribution in [1.29, 1.82) is 0 Å². The van der Waals surface area contributed by atoms with E-state index in [0.29, 0.717) is 12.6 Å². The molecule has 1 rings (SSSR count). The maximum atomic E-state index is 13.5. The minimum absolute atomic E-state index is 0.0825. The fraction of sp³-hybridized carbons (Fsp3) is 0.462. The summed E-state index contributed by atoms with van der Waals surface area (Å²) in [6, 6.07) is 2.82. The number of hydrogen-bond donors (Lipinski definition) is 1. The number of carbonyl (C=O) groups excluding carboxylic acids is 1. The van der Waals surface area contributed by atoms with Gasteiger partial charge in [0.25, 0.3) is 5.91 Å². The average molecular weight is 257 g/mol. The molecule has 0 saturated carbocycles. The van der Waals surface area contributed by atoms with Crippen LogP contribution in [0.1, 0.15) is 31.1 Å². The monoisotopic (exact) mass is 257 g/mol. The first-order chi connectivity index (χ1) is 8.24. The molecule has 0 spiro atoms. The van der Waals surface area contributed by atoms with Crippen LogP contribution >= 0.6 is 0 Å². The highest BCUT2D eigenvalue weighted by molar-refractivity contribution is 5.94. The van der Waals surface area contributed by atoms with Crippen molar-refractivity contribution in [3.63, 3.8) is 0 Å². The van der Waals surface area contributed by atoms with Gasteiger partial charge < -0.3 is 10.0 Å².